The van der Waals surface area contributed by atoms with E-state index in [1.807, 2.05) is 0 Å². The van der Waals surface area contributed by atoms with E-state index in [-0.39, 0.29) is 5.91 Å². The first kappa shape index (κ1) is 16.7. The third kappa shape index (κ3) is 4.66. The summed E-state index contributed by atoms with van der Waals surface area (Å²) < 4.78 is 0. The summed E-state index contributed by atoms with van der Waals surface area (Å²) in [5.74, 6) is 0.636. The quantitative estimate of drug-likeness (QED) is 0.774. The van der Waals surface area contributed by atoms with E-state index >= 15 is 0 Å². The lowest BCUT2D eigenvalue weighted by Crippen LogP contribution is -2.46. The summed E-state index contributed by atoms with van der Waals surface area (Å²) in [6, 6.07) is 0. The minimum absolute atomic E-state index is 0.0848. The van der Waals surface area contributed by atoms with Gasteiger partial charge in [0.25, 0.3) is 5.91 Å². The van der Waals surface area contributed by atoms with Gasteiger partial charge in [-0.1, -0.05) is 26.7 Å². The number of amides is 1. The van der Waals surface area contributed by atoms with Gasteiger partial charge < -0.3 is 15.1 Å². The monoisotopic (exact) mass is 305 g/mol. The molecular formula is C16H27N5O. The van der Waals surface area contributed by atoms with Crippen molar-refractivity contribution in [2.24, 2.45) is 0 Å². The van der Waals surface area contributed by atoms with Crippen LogP contribution in [0.4, 0.5) is 5.95 Å². The predicted octanol–water partition coefficient (Wildman–Crippen LogP) is 1.54. The number of rotatable bonds is 7. The topological polar surface area (TPSA) is 61.4 Å². The first-order valence-electron chi connectivity index (χ1n) is 8.32. The van der Waals surface area contributed by atoms with Crippen molar-refractivity contribution >= 4 is 11.9 Å². The van der Waals surface area contributed by atoms with Gasteiger partial charge in [-0.15, -0.1) is 0 Å². The highest BCUT2D eigenvalue weighted by molar-refractivity contribution is 5.93. The average molecular weight is 305 g/mol. The number of hydrogen-bond donors (Lipinski definition) is 1. The second-order valence-electron chi connectivity index (χ2n) is 5.66. The molecule has 6 nitrogen and oxygen atoms in total. The lowest BCUT2D eigenvalue weighted by atomic mass is 10.2. The Bertz CT molecular complexity index is 454. The van der Waals surface area contributed by atoms with Crippen molar-refractivity contribution in [1.82, 2.24) is 20.2 Å². The van der Waals surface area contributed by atoms with E-state index in [2.05, 4.69) is 38.9 Å². The summed E-state index contributed by atoms with van der Waals surface area (Å²) in [7, 11) is 0. The van der Waals surface area contributed by atoms with Crippen LogP contribution in [0.2, 0.25) is 0 Å². The highest BCUT2D eigenvalue weighted by Crippen LogP contribution is 2.10. The van der Waals surface area contributed by atoms with E-state index in [1.54, 1.807) is 12.4 Å². The van der Waals surface area contributed by atoms with Crippen molar-refractivity contribution in [2.75, 3.05) is 44.2 Å². The molecule has 22 heavy (non-hydrogen) atoms. The van der Waals surface area contributed by atoms with Gasteiger partial charge in [-0.2, -0.15) is 0 Å². The van der Waals surface area contributed by atoms with Gasteiger partial charge in [0.15, 0.2) is 0 Å². The summed E-state index contributed by atoms with van der Waals surface area (Å²) >= 11 is 0. The van der Waals surface area contributed by atoms with Gasteiger partial charge in [-0.05, 0) is 13.0 Å². The molecule has 1 fully saturated rings. The van der Waals surface area contributed by atoms with Gasteiger partial charge in [0.05, 0.1) is 5.56 Å². The Morgan fingerprint density at radius 3 is 2.41 bits per heavy atom. The number of piperazine rings is 1. The van der Waals surface area contributed by atoms with Gasteiger partial charge in [0.2, 0.25) is 5.95 Å². The van der Waals surface area contributed by atoms with Crippen molar-refractivity contribution < 1.29 is 4.79 Å². The summed E-state index contributed by atoms with van der Waals surface area (Å²) in [5, 5.41) is 2.91. The van der Waals surface area contributed by atoms with Crippen LogP contribution in [-0.4, -0.2) is 60.0 Å². The van der Waals surface area contributed by atoms with Crippen LogP contribution in [0.25, 0.3) is 0 Å². The third-order valence-corrected chi connectivity index (χ3v) is 4.07. The zero-order chi connectivity index (χ0) is 15.8. The molecule has 0 spiro atoms. The molecule has 0 atom stereocenters. The highest BCUT2D eigenvalue weighted by Gasteiger charge is 2.18. The molecule has 2 rings (SSSR count). The molecule has 0 bridgehead atoms. The number of nitrogens with one attached hydrogen (secondary N) is 1. The van der Waals surface area contributed by atoms with Crippen LogP contribution in [0, 0.1) is 0 Å². The SMILES string of the molecule is CCCCCNC(=O)c1cnc(N2CCN(CC)CC2)nc1. The Balaban J connectivity index is 1.83. The summed E-state index contributed by atoms with van der Waals surface area (Å²) in [6.45, 7) is 10.1. The Labute approximate surface area is 132 Å². The van der Waals surface area contributed by atoms with Crippen LogP contribution in [0.3, 0.4) is 0 Å². The lowest BCUT2D eigenvalue weighted by Gasteiger charge is -2.33. The molecule has 0 saturated carbocycles. The molecular weight excluding hydrogens is 278 g/mol. The maximum atomic E-state index is 12.0. The second-order valence-corrected chi connectivity index (χ2v) is 5.66. The van der Waals surface area contributed by atoms with Crippen molar-refractivity contribution in [3.8, 4) is 0 Å². The number of nitrogens with zero attached hydrogens (tertiary/aromatic N) is 4. The molecule has 1 N–H and O–H groups in total. The van der Waals surface area contributed by atoms with Crippen LogP contribution in [-0.2, 0) is 0 Å². The normalized spacial score (nSPS) is 15.8. The summed E-state index contributed by atoms with van der Waals surface area (Å²) in [5.41, 5.74) is 0.535. The molecule has 0 unspecified atom stereocenters. The smallest absolute Gasteiger partial charge is 0.254 e. The van der Waals surface area contributed by atoms with Crippen LogP contribution < -0.4 is 10.2 Å². The number of likely N-dealkylation sites (N-methyl/N-ethyl adjacent to an activating group) is 1. The van der Waals surface area contributed by atoms with Crippen LogP contribution in [0.15, 0.2) is 12.4 Å². The Kier molecular flexibility index (Phi) is 6.58. The lowest BCUT2D eigenvalue weighted by molar-refractivity contribution is 0.0952. The maximum absolute atomic E-state index is 12.0. The fourth-order valence-corrected chi connectivity index (χ4v) is 2.54. The zero-order valence-electron chi connectivity index (χ0n) is 13.7. The molecule has 1 aromatic heterocycles. The largest absolute Gasteiger partial charge is 0.352 e. The Morgan fingerprint density at radius 2 is 1.82 bits per heavy atom. The van der Waals surface area contributed by atoms with Crippen LogP contribution >= 0.6 is 0 Å². The number of aromatic nitrogens is 2. The van der Waals surface area contributed by atoms with Crippen molar-refractivity contribution in [1.29, 1.82) is 0 Å². The van der Waals surface area contributed by atoms with Crippen molar-refractivity contribution in [2.45, 2.75) is 33.1 Å². The second kappa shape index (κ2) is 8.68. The van der Waals surface area contributed by atoms with Gasteiger partial charge in [0, 0.05) is 45.1 Å². The van der Waals surface area contributed by atoms with E-state index in [9.17, 15) is 4.79 Å². The number of anilines is 1. The first-order valence-corrected chi connectivity index (χ1v) is 8.32. The summed E-state index contributed by atoms with van der Waals surface area (Å²) in [4.78, 5) is 25.3. The number of carbonyl (C=O) groups excluding carboxylic acids is 1. The Hall–Kier alpha value is -1.69. The Morgan fingerprint density at radius 1 is 1.14 bits per heavy atom. The highest BCUT2D eigenvalue weighted by atomic mass is 16.1. The van der Waals surface area contributed by atoms with Gasteiger partial charge in [-0.25, -0.2) is 9.97 Å². The molecule has 122 valence electrons. The fraction of sp³-hybridized carbons (Fsp3) is 0.688. The number of carbonyl (C=O) groups is 1. The van der Waals surface area contributed by atoms with Crippen molar-refractivity contribution in [3.05, 3.63) is 18.0 Å². The number of unbranched alkanes of at least 4 members (excludes halogenated alkanes) is 2. The standard InChI is InChI=1S/C16H27N5O/c1-3-5-6-7-17-15(22)14-12-18-16(19-13-14)21-10-8-20(4-2)9-11-21/h12-13H,3-11H2,1-2H3,(H,17,22). The molecule has 6 heteroatoms. The van der Waals surface area contributed by atoms with E-state index < -0.39 is 0 Å². The predicted molar refractivity (Wildman–Crippen MR) is 88.2 cm³/mol. The molecule has 1 amide bonds. The molecule has 1 saturated heterocycles. The molecule has 1 aromatic rings. The first-order chi connectivity index (χ1) is 10.7. The van der Waals surface area contributed by atoms with Gasteiger partial charge in [0.1, 0.15) is 0 Å². The molecule has 0 radical (unpaired) electrons. The van der Waals surface area contributed by atoms with E-state index in [1.165, 1.54) is 0 Å². The van der Waals surface area contributed by atoms with Gasteiger partial charge >= 0.3 is 0 Å². The average Bonchev–Trinajstić information content (AvgIpc) is 2.59. The van der Waals surface area contributed by atoms with E-state index in [0.29, 0.717) is 12.1 Å². The van der Waals surface area contributed by atoms with Gasteiger partial charge in [-0.3, -0.25) is 4.79 Å². The number of hydrogen-bond acceptors (Lipinski definition) is 5. The van der Waals surface area contributed by atoms with Crippen LogP contribution in [0.1, 0.15) is 43.5 Å². The minimum Gasteiger partial charge on any atom is -0.352 e. The van der Waals surface area contributed by atoms with Crippen LogP contribution in [0.5, 0.6) is 0 Å². The fourth-order valence-electron chi connectivity index (χ4n) is 2.54. The molecule has 0 aromatic carbocycles. The molecule has 1 aliphatic rings. The molecule has 0 aliphatic carbocycles. The van der Waals surface area contributed by atoms with Crippen molar-refractivity contribution in [3.63, 3.8) is 0 Å². The summed E-state index contributed by atoms with van der Waals surface area (Å²) in [6.07, 6.45) is 6.56. The van der Waals surface area contributed by atoms with E-state index in [4.69, 9.17) is 0 Å². The third-order valence-electron chi connectivity index (χ3n) is 4.07. The van der Waals surface area contributed by atoms with E-state index in [0.717, 1.165) is 57.9 Å². The minimum atomic E-state index is -0.0848. The molecule has 1 aliphatic heterocycles. The zero-order valence-corrected chi connectivity index (χ0v) is 13.7. The molecule has 2 heterocycles. The maximum Gasteiger partial charge on any atom is 0.254 e.